The van der Waals surface area contributed by atoms with E-state index >= 15 is 0 Å². The van der Waals surface area contributed by atoms with E-state index in [9.17, 15) is 9.59 Å². The molecular weight excluding hydrogens is 316 g/mol. The highest BCUT2D eigenvalue weighted by Gasteiger charge is 2.15. The lowest BCUT2D eigenvalue weighted by Gasteiger charge is -2.18. The monoisotopic (exact) mass is 336 g/mol. The molecule has 0 spiro atoms. The molecule has 7 nitrogen and oxygen atoms in total. The maximum atomic E-state index is 12.0. The van der Waals surface area contributed by atoms with E-state index in [0.717, 1.165) is 0 Å². The molecule has 2 aromatic heterocycles. The first-order chi connectivity index (χ1) is 10.7. The summed E-state index contributed by atoms with van der Waals surface area (Å²) < 4.78 is 5.09. The van der Waals surface area contributed by atoms with Crippen LogP contribution in [0.5, 0.6) is 0 Å². The third kappa shape index (κ3) is 5.19. The Hall–Kier alpha value is -2.19. The van der Waals surface area contributed by atoms with E-state index in [1.807, 2.05) is 13.8 Å². The first kappa shape index (κ1) is 17.2. The molecule has 23 heavy (non-hydrogen) atoms. The fourth-order valence-corrected chi connectivity index (χ4v) is 2.49. The number of hydrogen-bond acceptors (Lipinski definition) is 6. The smallest absolute Gasteiger partial charge is 0.260 e. The first-order valence-corrected chi connectivity index (χ1v) is 7.98. The molecule has 0 aliphatic rings. The molecule has 0 fully saturated rings. The second kappa shape index (κ2) is 6.93. The molecule has 0 atom stereocenters. The number of furan rings is 1. The Bertz CT molecular complexity index is 700. The van der Waals surface area contributed by atoms with Gasteiger partial charge in [-0.25, -0.2) is 4.98 Å². The summed E-state index contributed by atoms with van der Waals surface area (Å²) in [5.74, 6) is 0.104. The van der Waals surface area contributed by atoms with E-state index in [1.54, 1.807) is 18.4 Å². The summed E-state index contributed by atoms with van der Waals surface area (Å²) in [6.07, 6.45) is 1.61. The van der Waals surface area contributed by atoms with E-state index in [-0.39, 0.29) is 18.2 Å². The van der Waals surface area contributed by atoms with Gasteiger partial charge in [-0.2, -0.15) is 0 Å². The van der Waals surface area contributed by atoms with Crippen LogP contribution >= 0.6 is 11.3 Å². The van der Waals surface area contributed by atoms with Gasteiger partial charge in [-0.1, -0.05) is 0 Å². The summed E-state index contributed by atoms with van der Waals surface area (Å²) in [6.45, 7) is 5.77. The molecule has 4 N–H and O–H groups in total. The van der Waals surface area contributed by atoms with Gasteiger partial charge in [0.15, 0.2) is 5.13 Å². The standard InChI is InChI=1S/C15H20N4O3S/c1-9-11(4-5-22-9)13(21)19-14-18-10(7-23-14)6-12(20)17-8-15(2,3)16/h4-5,7H,6,8,16H2,1-3H3,(H,17,20)(H,18,19,21). The van der Waals surface area contributed by atoms with E-state index in [0.29, 0.717) is 28.7 Å². The lowest BCUT2D eigenvalue weighted by atomic mass is 10.1. The lowest BCUT2D eigenvalue weighted by Crippen LogP contribution is -2.45. The molecule has 0 aromatic carbocycles. The van der Waals surface area contributed by atoms with Crippen molar-refractivity contribution in [1.29, 1.82) is 0 Å². The van der Waals surface area contributed by atoms with Gasteiger partial charge in [-0.3, -0.25) is 14.9 Å². The Morgan fingerprint density at radius 2 is 2.17 bits per heavy atom. The van der Waals surface area contributed by atoms with E-state index in [4.69, 9.17) is 10.2 Å². The predicted molar refractivity (Wildman–Crippen MR) is 88.5 cm³/mol. The first-order valence-electron chi connectivity index (χ1n) is 7.10. The van der Waals surface area contributed by atoms with Gasteiger partial charge in [0.1, 0.15) is 5.76 Å². The molecule has 0 aliphatic heterocycles. The molecule has 0 unspecified atom stereocenters. The van der Waals surface area contributed by atoms with Gasteiger partial charge in [-0.15, -0.1) is 11.3 Å². The van der Waals surface area contributed by atoms with Crippen LogP contribution in [0.3, 0.4) is 0 Å². The van der Waals surface area contributed by atoms with Crippen molar-refractivity contribution in [3.63, 3.8) is 0 Å². The average molecular weight is 336 g/mol. The van der Waals surface area contributed by atoms with Crippen molar-refractivity contribution in [2.45, 2.75) is 32.7 Å². The highest BCUT2D eigenvalue weighted by atomic mass is 32.1. The van der Waals surface area contributed by atoms with Crippen LogP contribution in [0.1, 0.15) is 35.7 Å². The highest BCUT2D eigenvalue weighted by molar-refractivity contribution is 7.14. The van der Waals surface area contributed by atoms with Crippen LogP contribution in [0.25, 0.3) is 0 Å². The number of aryl methyl sites for hydroxylation is 1. The topological polar surface area (TPSA) is 110 Å². The Balaban J connectivity index is 1.89. The van der Waals surface area contributed by atoms with Crippen molar-refractivity contribution in [2.24, 2.45) is 5.73 Å². The minimum atomic E-state index is -0.459. The highest BCUT2D eigenvalue weighted by Crippen LogP contribution is 2.18. The van der Waals surface area contributed by atoms with Gasteiger partial charge in [0.2, 0.25) is 5.91 Å². The molecular formula is C15H20N4O3S. The van der Waals surface area contributed by atoms with Crippen molar-refractivity contribution in [1.82, 2.24) is 10.3 Å². The number of amides is 2. The summed E-state index contributed by atoms with van der Waals surface area (Å²) in [5, 5.41) is 7.63. The van der Waals surface area contributed by atoms with Crippen molar-refractivity contribution < 1.29 is 14.0 Å². The third-order valence-electron chi connectivity index (χ3n) is 2.96. The van der Waals surface area contributed by atoms with Crippen LogP contribution in [0, 0.1) is 6.92 Å². The molecule has 0 bridgehead atoms. The van der Waals surface area contributed by atoms with E-state index < -0.39 is 5.54 Å². The maximum Gasteiger partial charge on any atom is 0.260 e. The van der Waals surface area contributed by atoms with E-state index in [1.165, 1.54) is 17.6 Å². The molecule has 2 rings (SSSR count). The summed E-state index contributed by atoms with van der Waals surface area (Å²) >= 11 is 1.27. The summed E-state index contributed by atoms with van der Waals surface area (Å²) in [7, 11) is 0. The number of nitrogens with zero attached hydrogens (tertiary/aromatic N) is 1. The molecule has 0 radical (unpaired) electrons. The molecule has 124 valence electrons. The van der Waals surface area contributed by atoms with Gasteiger partial charge in [0, 0.05) is 17.5 Å². The van der Waals surface area contributed by atoms with Crippen LogP contribution in [-0.2, 0) is 11.2 Å². The zero-order valence-electron chi connectivity index (χ0n) is 13.3. The largest absolute Gasteiger partial charge is 0.469 e. The fraction of sp³-hybridized carbons (Fsp3) is 0.400. The van der Waals surface area contributed by atoms with Crippen LogP contribution in [0.4, 0.5) is 5.13 Å². The number of nitrogens with one attached hydrogen (secondary N) is 2. The van der Waals surface area contributed by atoms with Gasteiger partial charge >= 0.3 is 0 Å². The molecule has 2 amide bonds. The second-order valence-corrected chi connectivity index (χ2v) is 6.79. The normalized spacial score (nSPS) is 11.3. The van der Waals surface area contributed by atoms with Gasteiger partial charge in [0.25, 0.3) is 5.91 Å². The molecule has 0 aliphatic carbocycles. The molecule has 0 saturated carbocycles. The number of anilines is 1. The van der Waals surface area contributed by atoms with Crippen molar-refractivity contribution in [3.8, 4) is 0 Å². The quantitative estimate of drug-likeness (QED) is 0.743. The van der Waals surface area contributed by atoms with Crippen LogP contribution < -0.4 is 16.4 Å². The zero-order valence-corrected chi connectivity index (χ0v) is 14.1. The van der Waals surface area contributed by atoms with Crippen molar-refractivity contribution in [2.75, 3.05) is 11.9 Å². The Labute approximate surface area is 138 Å². The number of rotatable bonds is 6. The third-order valence-corrected chi connectivity index (χ3v) is 3.77. The zero-order chi connectivity index (χ0) is 17.0. The van der Waals surface area contributed by atoms with Gasteiger partial charge in [0.05, 0.1) is 23.9 Å². The number of carbonyl (C=O) groups excluding carboxylic acids is 2. The summed E-state index contributed by atoms with van der Waals surface area (Å²) in [5.41, 5.74) is 6.41. The lowest BCUT2D eigenvalue weighted by molar-refractivity contribution is -0.120. The van der Waals surface area contributed by atoms with E-state index in [2.05, 4.69) is 15.6 Å². The number of nitrogens with two attached hydrogens (primary N) is 1. The summed E-state index contributed by atoms with van der Waals surface area (Å²) in [6, 6.07) is 1.60. The maximum absolute atomic E-state index is 12.0. The summed E-state index contributed by atoms with van der Waals surface area (Å²) in [4.78, 5) is 28.1. The molecule has 0 saturated heterocycles. The fourth-order valence-electron chi connectivity index (χ4n) is 1.78. The molecule has 8 heteroatoms. The average Bonchev–Trinajstić information content (AvgIpc) is 3.05. The van der Waals surface area contributed by atoms with Crippen LogP contribution in [-0.4, -0.2) is 28.9 Å². The minimum Gasteiger partial charge on any atom is -0.469 e. The van der Waals surface area contributed by atoms with Crippen molar-refractivity contribution in [3.05, 3.63) is 34.7 Å². The number of hydrogen-bond donors (Lipinski definition) is 3. The molecule has 2 heterocycles. The Morgan fingerprint density at radius 1 is 1.43 bits per heavy atom. The van der Waals surface area contributed by atoms with Gasteiger partial charge in [-0.05, 0) is 26.8 Å². The second-order valence-electron chi connectivity index (χ2n) is 5.93. The molecule has 2 aromatic rings. The predicted octanol–water partition coefficient (Wildman–Crippen LogP) is 1.69. The van der Waals surface area contributed by atoms with Crippen molar-refractivity contribution >= 4 is 28.3 Å². The van der Waals surface area contributed by atoms with Crippen LogP contribution in [0.2, 0.25) is 0 Å². The number of aromatic nitrogens is 1. The SMILES string of the molecule is Cc1occc1C(=O)Nc1nc(CC(=O)NCC(C)(C)N)cs1. The Morgan fingerprint density at radius 3 is 2.78 bits per heavy atom. The number of thiazole rings is 1. The number of carbonyl (C=O) groups is 2. The van der Waals surface area contributed by atoms with Crippen LogP contribution in [0.15, 0.2) is 22.1 Å². The Kier molecular flexibility index (Phi) is 5.17. The van der Waals surface area contributed by atoms with Gasteiger partial charge < -0.3 is 15.5 Å². The minimum absolute atomic E-state index is 0.146.